The first kappa shape index (κ1) is 24.5. The molecule has 0 radical (unpaired) electrons. The number of piperidine rings is 1. The Kier molecular flexibility index (Phi) is 6.94. The van der Waals surface area contributed by atoms with Crippen molar-refractivity contribution in [3.05, 3.63) is 59.4 Å². The summed E-state index contributed by atoms with van der Waals surface area (Å²) in [5.41, 5.74) is 4.61. The number of urea groups is 1. The summed E-state index contributed by atoms with van der Waals surface area (Å²) >= 11 is 0. The molecule has 1 fully saturated rings. The molecule has 0 spiro atoms. The van der Waals surface area contributed by atoms with Crippen LogP contribution in [0.2, 0.25) is 0 Å². The molecule has 1 saturated heterocycles. The fourth-order valence-corrected chi connectivity index (χ4v) is 5.96. The fourth-order valence-electron chi connectivity index (χ4n) is 3.93. The zero-order valence-corrected chi connectivity index (χ0v) is 19.0. The quantitative estimate of drug-likeness (QED) is 0.619. The molecule has 2 atom stereocenters. The molecule has 178 valence electrons. The Labute approximate surface area is 190 Å². The molecule has 9 nitrogen and oxygen atoms in total. The molecule has 0 aliphatic carbocycles. The zero-order valence-electron chi connectivity index (χ0n) is 18.2. The number of benzene rings is 2. The summed E-state index contributed by atoms with van der Waals surface area (Å²) in [7, 11) is -3.06. The summed E-state index contributed by atoms with van der Waals surface area (Å²) in [6.07, 6.45) is -0.159. The van der Waals surface area contributed by atoms with Crippen LogP contribution in [0.4, 0.5) is 9.18 Å². The molecule has 2 unspecified atom stereocenters. The van der Waals surface area contributed by atoms with Crippen molar-refractivity contribution in [2.45, 2.75) is 35.7 Å². The van der Waals surface area contributed by atoms with Crippen LogP contribution in [0.1, 0.15) is 17.5 Å². The van der Waals surface area contributed by atoms with Gasteiger partial charge in [0.15, 0.2) is 15.4 Å². The lowest BCUT2D eigenvalue weighted by Gasteiger charge is -2.43. The molecule has 2 aromatic carbocycles. The van der Waals surface area contributed by atoms with Crippen molar-refractivity contribution >= 4 is 21.8 Å². The van der Waals surface area contributed by atoms with Gasteiger partial charge in [0, 0.05) is 13.7 Å². The minimum Gasteiger partial charge on any atom is -0.489 e. The summed E-state index contributed by atoms with van der Waals surface area (Å²) in [4.78, 5) is 24.6. The number of hydrogen-bond acceptors (Lipinski definition) is 6. The SMILES string of the molecule is COC1(C(=O)O)CN(C(N)=O)CCC1S(=O)(=O)c1ccc(OCc2ccc(F)cc2C)cc1. The number of nitrogens with two attached hydrogens (primary N) is 1. The lowest BCUT2D eigenvalue weighted by atomic mass is 9.92. The fraction of sp³-hybridized carbons (Fsp3) is 0.364. The van der Waals surface area contributed by atoms with E-state index in [9.17, 15) is 27.5 Å². The molecule has 2 aromatic rings. The topological polar surface area (TPSA) is 136 Å². The monoisotopic (exact) mass is 480 g/mol. The van der Waals surface area contributed by atoms with Gasteiger partial charge in [0.25, 0.3) is 0 Å². The number of carbonyl (C=O) groups excluding carboxylic acids is 1. The van der Waals surface area contributed by atoms with Crippen LogP contribution in [-0.2, 0) is 26.0 Å². The molecule has 3 N–H and O–H groups in total. The van der Waals surface area contributed by atoms with Crippen molar-refractivity contribution < 1.29 is 37.0 Å². The van der Waals surface area contributed by atoms with Crippen LogP contribution < -0.4 is 10.5 Å². The zero-order chi connectivity index (χ0) is 24.4. The lowest BCUT2D eigenvalue weighted by Crippen LogP contribution is -2.65. The average molecular weight is 481 g/mol. The van der Waals surface area contributed by atoms with E-state index in [0.29, 0.717) is 5.75 Å². The van der Waals surface area contributed by atoms with Crippen LogP contribution in [0.15, 0.2) is 47.4 Å². The van der Waals surface area contributed by atoms with E-state index in [-0.39, 0.29) is 30.3 Å². The van der Waals surface area contributed by atoms with E-state index in [2.05, 4.69) is 0 Å². The van der Waals surface area contributed by atoms with Gasteiger partial charge in [0.05, 0.1) is 11.4 Å². The first-order valence-electron chi connectivity index (χ1n) is 10.1. The van der Waals surface area contributed by atoms with E-state index in [4.69, 9.17) is 15.2 Å². The van der Waals surface area contributed by atoms with E-state index in [1.54, 1.807) is 13.0 Å². The standard InChI is InChI=1S/C22H25FN2O7S/c1-14-11-16(23)4-3-15(14)12-32-17-5-7-18(8-6-17)33(29,30)19-9-10-25(21(24)28)13-22(19,31-2)20(26)27/h3-8,11,19H,9-10,12-13H2,1-2H3,(H2,24,28)(H,26,27). The number of carboxylic acids is 1. The summed E-state index contributed by atoms with van der Waals surface area (Å²) in [5.74, 6) is -1.46. The first-order valence-corrected chi connectivity index (χ1v) is 11.6. The number of sulfone groups is 1. The van der Waals surface area contributed by atoms with E-state index in [1.807, 2.05) is 0 Å². The van der Waals surface area contributed by atoms with Gasteiger partial charge in [0.1, 0.15) is 23.4 Å². The number of methoxy groups -OCH3 is 1. The summed E-state index contributed by atoms with van der Waals surface area (Å²) in [6.45, 7) is 1.41. The minimum absolute atomic E-state index is 0.0180. The molecule has 0 saturated carbocycles. The van der Waals surface area contributed by atoms with Gasteiger partial charge in [-0.15, -0.1) is 0 Å². The molecule has 33 heavy (non-hydrogen) atoms. The van der Waals surface area contributed by atoms with Gasteiger partial charge < -0.3 is 25.2 Å². The number of amides is 2. The molecule has 1 heterocycles. The summed E-state index contributed by atoms with van der Waals surface area (Å²) < 4.78 is 50.8. The smallest absolute Gasteiger partial charge is 0.339 e. The summed E-state index contributed by atoms with van der Waals surface area (Å²) in [5, 5.41) is 8.39. The Morgan fingerprint density at radius 2 is 1.91 bits per heavy atom. The minimum atomic E-state index is -4.15. The van der Waals surface area contributed by atoms with Crippen LogP contribution in [0.3, 0.4) is 0 Å². The Bertz CT molecular complexity index is 1150. The third kappa shape index (κ3) is 4.79. The van der Waals surface area contributed by atoms with Crippen LogP contribution in [-0.4, -0.2) is 61.5 Å². The van der Waals surface area contributed by atoms with Crippen LogP contribution in [0.5, 0.6) is 5.75 Å². The molecule has 0 aromatic heterocycles. The molecule has 1 aliphatic heterocycles. The van der Waals surface area contributed by atoms with Gasteiger partial charge in [-0.1, -0.05) is 6.07 Å². The summed E-state index contributed by atoms with van der Waals surface area (Å²) in [6, 6.07) is 9.04. The Balaban J connectivity index is 1.82. The number of aliphatic carboxylic acids is 1. The molecule has 11 heteroatoms. The maximum atomic E-state index is 13.4. The third-order valence-electron chi connectivity index (χ3n) is 5.87. The van der Waals surface area contributed by atoms with Gasteiger partial charge in [-0.2, -0.15) is 0 Å². The molecule has 1 aliphatic rings. The number of nitrogens with zero attached hydrogens (tertiary/aromatic N) is 1. The number of carboxylic acid groups (broad SMARTS) is 1. The van der Waals surface area contributed by atoms with Crippen LogP contribution in [0.25, 0.3) is 0 Å². The van der Waals surface area contributed by atoms with E-state index in [0.717, 1.165) is 23.1 Å². The third-order valence-corrected chi connectivity index (χ3v) is 8.17. The normalized spacial score (nSPS) is 20.9. The highest BCUT2D eigenvalue weighted by molar-refractivity contribution is 7.92. The number of ether oxygens (including phenoxy) is 2. The number of aryl methyl sites for hydroxylation is 1. The van der Waals surface area contributed by atoms with Gasteiger partial charge in [-0.25, -0.2) is 22.4 Å². The predicted octanol–water partition coefficient (Wildman–Crippen LogP) is 2.11. The Morgan fingerprint density at radius 3 is 2.45 bits per heavy atom. The molecular weight excluding hydrogens is 455 g/mol. The second-order valence-corrected chi connectivity index (χ2v) is 9.94. The van der Waals surface area contributed by atoms with Crippen LogP contribution in [0, 0.1) is 12.7 Å². The average Bonchev–Trinajstić information content (AvgIpc) is 2.78. The van der Waals surface area contributed by atoms with Crippen LogP contribution >= 0.6 is 0 Å². The van der Waals surface area contributed by atoms with E-state index >= 15 is 0 Å². The number of carbonyl (C=O) groups is 2. The number of halogens is 1. The Morgan fingerprint density at radius 1 is 1.24 bits per heavy atom. The second-order valence-electron chi connectivity index (χ2n) is 7.81. The highest BCUT2D eigenvalue weighted by Crippen LogP contribution is 2.35. The largest absolute Gasteiger partial charge is 0.489 e. The molecular formula is C22H25FN2O7S. The molecule has 0 bridgehead atoms. The molecule has 3 rings (SSSR count). The van der Waals surface area contributed by atoms with Gasteiger partial charge in [-0.05, 0) is 60.9 Å². The van der Waals surface area contributed by atoms with Crippen molar-refractivity contribution in [2.24, 2.45) is 5.73 Å². The highest BCUT2D eigenvalue weighted by atomic mass is 32.2. The number of rotatable bonds is 7. The van der Waals surface area contributed by atoms with Crippen molar-refractivity contribution in [1.29, 1.82) is 0 Å². The maximum absolute atomic E-state index is 13.4. The van der Waals surface area contributed by atoms with Gasteiger partial charge in [-0.3, -0.25) is 0 Å². The molecule has 2 amide bonds. The van der Waals surface area contributed by atoms with Gasteiger partial charge >= 0.3 is 12.0 Å². The van der Waals surface area contributed by atoms with Crippen molar-refractivity contribution in [2.75, 3.05) is 20.2 Å². The van der Waals surface area contributed by atoms with Gasteiger partial charge in [0.2, 0.25) is 0 Å². The highest BCUT2D eigenvalue weighted by Gasteiger charge is 2.56. The van der Waals surface area contributed by atoms with Crippen molar-refractivity contribution in [3.8, 4) is 5.75 Å². The maximum Gasteiger partial charge on any atom is 0.339 e. The van der Waals surface area contributed by atoms with E-state index in [1.165, 1.54) is 36.4 Å². The van der Waals surface area contributed by atoms with Crippen molar-refractivity contribution in [3.63, 3.8) is 0 Å². The Hall–Kier alpha value is -3.18. The lowest BCUT2D eigenvalue weighted by molar-refractivity contribution is -0.166. The van der Waals surface area contributed by atoms with E-state index < -0.39 is 39.2 Å². The number of hydrogen-bond donors (Lipinski definition) is 2. The second kappa shape index (κ2) is 9.36. The van der Waals surface area contributed by atoms with Crippen molar-refractivity contribution in [1.82, 2.24) is 4.90 Å². The predicted molar refractivity (Wildman–Crippen MR) is 116 cm³/mol. The number of primary amides is 1. The first-order chi connectivity index (χ1) is 15.5. The number of likely N-dealkylation sites (tertiary alicyclic amines) is 1.